The fourth-order valence-electron chi connectivity index (χ4n) is 1.58. The molecule has 7 nitrogen and oxygen atoms in total. The van der Waals surface area contributed by atoms with Gasteiger partial charge in [0.25, 0.3) is 11.8 Å². The summed E-state index contributed by atoms with van der Waals surface area (Å²) >= 11 is 0. The Labute approximate surface area is 116 Å². The van der Waals surface area contributed by atoms with E-state index in [-0.39, 0.29) is 5.57 Å². The molecule has 0 unspecified atom stereocenters. The van der Waals surface area contributed by atoms with E-state index in [0.29, 0.717) is 22.8 Å². The summed E-state index contributed by atoms with van der Waals surface area (Å²) < 4.78 is 15.4. The highest BCUT2D eigenvalue weighted by molar-refractivity contribution is 6.20. The largest absolute Gasteiger partial charge is 0.496 e. The molecule has 0 aliphatic rings. The number of methoxy groups -OCH3 is 3. The number of benzene rings is 1. The molecule has 20 heavy (non-hydrogen) atoms. The fraction of sp³-hybridized carbons (Fsp3) is 0.231. The Balaban J connectivity index is 3.46. The van der Waals surface area contributed by atoms with Crippen molar-refractivity contribution in [2.75, 3.05) is 21.3 Å². The van der Waals surface area contributed by atoms with Crippen molar-refractivity contribution in [2.45, 2.75) is 0 Å². The maximum Gasteiger partial charge on any atom is 0.254 e. The van der Waals surface area contributed by atoms with Crippen LogP contribution in [0.5, 0.6) is 17.2 Å². The molecule has 0 atom stereocenters. The van der Waals surface area contributed by atoms with E-state index in [2.05, 4.69) is 0 Å². The highest BCUT2D eigenvalue weighted by Gasteiger charge is 2.15. The molecule has 1 aromatic carbocycles. The van der Waals surface area contributed by atoms with Gasteiger partial charge in [0, 0.05) is 11.6 Å². The average Bonchev–Trinajstić information content (AvgIpc) is 2.42. The Morgan fingerprint density at radius 2 is 1.35 bits per heavy atom. The van der Waals surface area contributed by atoms with Crippen molar-refractivity contribution >= 4 is 17.9 Å². The molecule has 0 bridgehead atoms. The van der Waals surface area contributed by atoms with Crippen molar-refractivity contribution in [1.29, 1.82) is 0 Å². The monoisotopic (exact) mass is 280 g/mol. The number of rotatable bonds is 6. The molecule has 0 aliphatic carbocycles. The third kappa shape index (κ3) is 3.19. The lowest BCUT2D eigenvalue weighted by Gasteiger charge is -2.12. The lowest BCUT2D eigenvalue weighted by molar-refractivity contribution is -0.120. The van der Waals surface area contributed by atoms with Gasteiger partial charge in [0.2, 0.25) is 0 Å². The normalized spacial score (nSPS) is 9.55. The van der Waals surface area contributed by atoms with E-state index in [9.17, 15) is 9.59 Å². The van der Waals surface area contributed by atoms with Gasteiger partial charge >= 0.3 is 0 Å². The van der Waals surface area contributed by atoms with E-state index in [4.69, 9.17) is 25.7 Å². The molecular formula is C13H16N2O5. The van der Waals surface area contributed by atoms with Crippen LogP contribution >= 0.6 is 0 Å². The zero-order valence-electron chi connectivity index (χ0n) is 11.4. The van der Waals surface area contributed by atoms with E-state index in [1.165, 1.54) is 27.4 Å². The third-order valence-electron chi connectivity index (χ3n) is 2.57. The summed E-state index contributed by atoms with van der Waals surface area (Å²) in [6.07, 6.45) is 1.24. The van der Waals surface area contributed by atoms with Crippen molar-refractivity contribution in [1.82, 2.24) is 0 Å². The number of hydrogen-bond donors (Lipinski definition) is 2. The van der Waals surface area contributed by atoms with Crippen molar-refractivity contribution in [2.24, 2.45) is 11.5 Å². The van der Waals surface area contributed by atoms with E-state index in [1.54, 1.807) is 12.1 Å². The molecule has 0 radical (unpaired) electrons. The molecule has 0 fully saturated rings. The number of amides is 2. The average molecular weight is 280 g/mol. The van der Waals surface area contributed by atoms with Crippen LogP contribution in [0.4, 0.5) is 0 Å². The van der Waals surface area contributed by atoms with E-state index in [0.717, 1.165) is 0 Å². The molecule has 0 saturated carbocycles. The van der Waals surface area contributed by atoms with Gasteiger partial charge in [-0.1, -0.05) is 0 Å². The van der Waals surface area contributed by atoms with Crippen molar-refractivity contribution in [3.8, 4) is 17.2 Å². The topological polar surface area (TPSA) is 114 Å². The molecule has 0 heterocycles. The predicted molar refractivity (Wildman–Crippen MR) is 72.5 cm³/mol. The summed E-state index contributed by atoms with van der Waals surface area (Å²) in [4.78, 5) is 22.4. The number of carbonyl (C=O) groups excluding carboxylic acids is 2. The number of hydrogen-bond acceptors (Lipinski definition) is 5. The van der Waals surface area contributed by atoms with Crippen LogP contribution in [0.1, 0.15) is 5.56 Å². The quantitative estimate of drug-likeness (QED) is 0.434. The molecule has 4 N–H and O–H groups in total. The molecule has 1 rings (SSSR count). The maximum atomic E-state index is 11.2. The van der Waals surface area contributed by atoms with Gasteiger partial charge in [-0.3, -0.25) is 9.59 Å². The first-order valence-electron chi connectivity index (χ1n) is 5.55. The number of ether oxygens (including phenoxy) is 3. The Hall–Kier alpha value is -2.70. The van der Waals surface area contributed by atoms with Crippen LogP contribution in [0.25, 0.3) is 6.08 Å². The van der Waals surface area contributed by atoms with Gasteiger partial charge in [0.15, 0.2) is 11.5 Å². The fourth-order valence-corrected chi connectivity index (χ4v) is 1.58. The van der Waals surface area contributed by atoms with Crippen molar-refractivity contribution in [3.05, 3.63) is 23.3 Å². The Kier molecular flexibility index (Phi) is 4.96. The number of carbonyl (C=O) groups is 2. The summed E-state index contributed by atoms with van der Waals surface area (Å²) in [5, 5.41) is 0. The minimum atomic E-state index is -0.922. The minimum absolute atomic E-state index is 0.337. The Morgan fingerprint density at radius 3 is 1.75 bits per heavy atom. The molecular weight excluding hydrogens is 264 g/mol. The molecule has 0 saturated heterocycles. The molecule has 0 aliphatic heterocycles. The zero-order valence-corrected chi connectivity index (χ0v) is 11.4. The van der Waals surface area contributed by atoms with Crippen LogP contribution in [0.3, 0.4) is 0 Å². The van der Waals surface area contributed by atoms with Crippen LogP contribution < -0.4 is 25.7 Å². The van der Waals surface area contributed by atoms with Gasteiger partial charge in [-0.2, -0.15) is 0 Å². The summed E-state index contributed by atoms with van der Waals surface area (Å²) in [5.74, 6) is -0.611. The van der Waals surface area contributed by atoms with Crippen molar-refractivity contribution < 1.29 is 23.8 Å². The molecule has 7 heteroatoms. The van der Waals surface area contributed by atoms with E-state index in [1.807, 2.05) is 0 Å². The second-order valence-corrected chi connectivity index (χ2v) is 3.74. The maximum absolute atomic E-state index is 11.2. The molecule has 0 aromatic heterocycles. The van der Waals surface area contributed by atoms with Crippen LogP contribution in [-0.2, 0) is 9.59 Å². The minimum Gasteiger partial charge on any atom is -0.496 e. The van der Waals surface area contributed by atoms with Gasteiger partial charge < -0.3 is 25.7 Å². The lowest BCUT2D eigenvalue weighted by Crippen LogP contribution is -2.25. The first-order valence-corrected chi connectivity index (χ1v) is 5.55. The zero-order chi connectivity index (χ0) is 15.3. The number of primary amides is 2. The Bertz CT molecular complexity index is 550. The second-order valence-electron chi connectivity index (χ2n) is 3.74. The van der Waals surface area contributed by atoms with Gasteiger partial charge in [-0.05, 0) is 12.1 Å². The number of nitrogens with two attached hydrogens (primary N) is 2. The van der Waals surface area contributed by atoms with Gasteiger partial charge in [-0.15, -0.1) is 0 Å². The van der Waals surface area contributed by atoms with Crippen LogP contribution in [-0.4, -0.2) is 33.1 Å². The van der Waals surface area contributed by atoms with Crippen LogP contribution in [0.15, 0.2) is 17.7 Å². The lowest BCUT2D eigenvalue weighted by atomic mass is 10.1. The third-order valence-corrected chi connectivity index (χ3v) is 2.57. The van der Waals surface area contributed by atoms with Crippen LogP contribution in [0, 0.1) is 0 Å². The SMILES string of the molecule is COc1cc(OC)c(OC)cc1C=C(C(N)=O)C(N)=O. The first-order chi connectivity index (χ1) is 9.44. The first kappa shape index (κ1) is 15.4. The Morgan fingerprint density at radius 1 is 0.900 bits per heavy atom. The predicted octanol–water partition coefficient (Wildman–Crippen LogP) is 0.0664. The second kappa shape index (κ2) is 6.46. The standard InChI is InChI=1S/C13H16N2O5/c1-18-9-6-11(20-3)10(19-2)5-7(9)4-8(12(14)16)13(15)17/h4-6H,1-3H3,(H2,14,16)(H2,15,17). The van der Waals surface area contributed by atoms with Crippen LogP contribution in [0.2, 0.25) is 0 Å². The molecule has 2 amide bonds. The highest BCUT2D eigenvalue weighted by atomic mass is 16.5. The van der Waals surface area contributed by atoms with Gasteiger partial charge in [0.05, 0.1) is 21.3 Å². The summed E-state index contributed by atoms with van der Waals surface area (Å²) in [6, 6.07) is 3.10. The highest BCUT2D eigenvalue weighted by Crippen LogP contribution is 2.35. The summed E-state index contributed by atoms with van der Waals surface area (Å²) in [7, 11) is 4.37. The van der Waals surface area contributed by atoms with E-state index >= 15 is 0 Å². The smallest absolute Gasteiger partial charge is 0.254 e. The van der Waals surface area contributed by atoms with Gasteiger partial charge in [-0.25, -0.2) is 0 Å². The molecule has 1 aromatic rings. The molecule has 0 spiro atoms. The van der Waals surface area contributed by atoms with Crippen molar-refractivity contribution in [3.63, 3.8) is 0 Å². The summed E-state index contributed by atoms with van der Waals surface area (Å²) in [5.41, 5.74) is 10.3. The van der Waals surface area contributed by atoms with Gasteiger partial charge in [0.1, 0.15) is 11.3 Å². The summed E-state index contributed by atoms with van der Waals surface area (Å²) in [6.45, 7) is 0. The molecule has 108 valence electrons. The van der Waals surface area contributed by atoms with E-state index < -0.39 is 11.8 Å².